The number of rotatable bonds is 6. The summed E-state index contributed by atoms with van der Waals surface area (Å²) in [4.78, 5) is 12.5. The molecule has 0 atom stereocenters. The van der Waals surface area contributed by atoms with Crippen molar-refractivity contribution in [2.75, 3.05) is 0 Å². The maximum absolute atomic E-state index is 15.5. The van der Waals surface area contributed by atoms with Crippen molar-refractivity contribution in [3.63, 3.8) is 0 Å². The molecule has 0 fully saturated rings. The minimum absolute atomic E-state index is 0.0866. The number of nitrogens with zero attached hydrogens (tertiary/aromatic N) is 2. The number of carbonyl (C=O) groups is 1. The first-order valence-corrected chi connectivity index (χ1v) is 10.9. The van der Waals surface area contributed by atoms with Crippen LogP contribution in [0.15, 0.2) is 70.6 Å². The number of sulfone groups is 1. The van der Waals surface area contributed by atoms with Crippen LogP contribution in [-0.2, 0) is 21.1 Å². The molecule has 0 saturated carbocycles. The Morgan fingerprint density at radius 1 is 0.969 bits per heavy atom. The Bertz CT molecular complexity index is 1450. The molecule has 2 heterocycles. The topological polar surface area (TPSA) is 89.3 Å². The smallest absolute Gasteiger partial charge is 0.303 e. The van der Waals surface area contributed by atoms with Gasteiger partial charge in [-0.05, 0) is 30.2 Å². The number of aliphatic carboxylic acids is 1. The van der Waals surface area contributed by atoms with Crippen molar-refractivity contribution in [1.82, 2.24) is 9.55 Å². The summed E-state index contributed by atoms with van der Waals surface area (Å²) in [6.45, 7) is 0. The number of hydrogen-bond acceptors (Lipinski definition) is 4. The summed E-state index contributed by atoms with van der Waals surface area (Å²) >= 11 is 0. The summed E-state index contributed by atoms with van der Waals surface area (Å²) in [5.74, 6) is -7.05. The maximum atomic E-state index is 15.5. The van der Waals surface area contributed by atoms with Crippen molar-refractivity contribution in [3.05, 3.63) is 83.9 Å². The molecule has 0 aliphatic rings. The minimum Gasteiger partial charge on any atom is -0.481 e. The summed E-state index contributed by atoms with van der Waals surface area (Å²) in [5.41, 5.74) is 0.828. The number of carboxylic acids is 1. The van der Waals surface area contributed by atoms with E-state index in [0.29, 0.717) is 16.5 Å². The van der Waals surface area contributed by atoms with Crippen molar-refractivity contribution >= 4 is 26.7 Å². The first-order chi connectivity index (χ1) is 15.2. The molecule has 4 rings (SSSR count). The summed E-state index contributed by atoms with van der Waals surface area (Å²) < 4.78 is 71.3. The van der Waals surface area contributed by atoms with Gasteiger partial charge in [-0.3, -0.25) is 9.36 Å². The van der Waals surface area contributed by atoms with E-state index >= 15 is 4.39 Å². The van der Waals surface area contributed by atoms with Crippen molar-refractivity contribution in [3.8, 4) is 5.82 Å². The Morgan fingerprint density at radius 2 is 1.62 bits per heavy atom. The van der Waals surface area contributed by atoms with Gasteiger partial charge in [0.25, 0.3) is 5.95 Å². The lowest BCUT2D eigenvalue weighted by Gasteiger charge is -2.12. The second kappa shape index (κ2) is 8.12. The molecule has 4 aromatic rings. The molecule has 2 aromatic carbocycles. The summed E-state index contributed by atoms with van der Waals surface area (Å²) in [6.07, 6.45) is 1.22. The van der Waals surface area contributed by atoms with Gasteiger partial charge in [0.1, 0.15) is 0 Å². The van der Waals surface area contributed by atoms with E-state index in [1.807, 2.05) is 0 Å². The van der Waals surface area contributed by atoms with Crippen LogP contribution in [-0.4, -0.2) is 29.0 Å². The highest BCUT2D eigenvalue weighted by molar-refractivity contribution is 7.91. The Labute approximate surface area is 180 Å². The molecule has 0 spiro atoms. The predicted octanol–water partition coefficient (Wildman–Crippen LogP) is 4.29. The maximum Gasteiger partial charge on any atom is 0.303 e. The highest BCUT2D eigenvalue weighted by Crippen LogP contribution is 2.32. The van der Waals surface area contributed by atoms with Gasteiger partial charge in [-0.15, -0.1) is 0 Å². The van der Waals surface area contributed by atoms with Gasteiger partial charge in [0.2, 0.25) is 9.84 Å². The lowest BCUT2D eigenvalue weighted by Crippen LogP contribution is -2.14. The average molecular weight is 460 g/mol. The van der Waals surface area contributed by atoms with E-state index in [1.165, 1.54) is 24.4 Å². The van der Waals surface area contributed by atoms with Crippen LogP contribution < -0.4 is 0 Å². The van der Waals surface area contributed by atoms with Crippen LogP contribution >= 0.6 is 0 Å². The molecule has 0 radical (unpaired) electrons. The van der Waals surface area contributed by atoms with Gasteiger partial charge in [-0.25, -0.2) is 17.2 Å². The second-order valence-corrected chi connectivity index (χ2v) is 8.82. The average Bonchev–Trinajstić information content (AvgIpc) is 3.14. The van der Waals surface area contributed by atoms with Crippen molar-refractivity contribution < 1.29 is 31.5 Å². The molecule has 0 unspecified atom stereocenters. The Hall–Kier alpha value is -3.66. The number of aromatic nitrogens is 2. The molecular weight excluding hydrogens is 445 g/mol. The predicted molar refractivity (Wildman–Crippen MR) is 109 cm³/mol. The second-order valence-electron chi connectivity index (χ2n) is 6.94. The van der Waals surface area contributed by atoms with Gasteiger partial charge in [0, 0.05) is 18.0 Å². The number of benzene rings is 2. The first kappa shape index (κ1) is 21.6. The van der Waals surface area contributed by atoms with E-state index in [-0.39, 0.29) is 12.8 Å². The van der Waals surface area contributed by atoms with Crippen LogP contribution in [0.1, 0.15) is 12.0 Å². The monoisotopic (exact) mass is 460 g/mol. The van der Waals surface area contributed by atoms with Crippen LogP contribution in [0.4, 0.5) is 13.2 Å². The van der Waals surface area contributed by atoms with E-state index in [4.69, 9.17) is 5.11 Å². The number of pyridine rings is 1. The summed E-state index contributed by atoms with van der Waals surface area (Å²) in [5, 5.41) is 9.53. The molecule has 0 aliphatic carbocycles. The lowest BCUT2D eigenvalue weighted by atomic mass is 10.1. The number of aryl methyl sites for hydroxylation is 1. The van der Waals surface area contributed by atoms with Crippen molar-refractivity contribution in [2.24, 2.45) is 0 Å². The zero-order valence-corrected chi connectivity index (χ0v) is 17.1. The van der Waals surface area contributed by atoms with Crippen molar-refractivity contribution in [2.45, 2.75) is 22.6 Å². The van der Waals surface area contributed by atoms with E-state index in [0.717, 1.165) is 16.7 Å². The van der Waals surface area contributed by atoms with E-state index in [1.54, 1.807) is 24.3 Å². The molecule has 2 aromatic heterocycles. The fourth-order valence-corrected chi connectivity index (χ4v) is 4.86. The molecule has 0 amide bonds. The summed E-state index contributed by atoms with van der Waals surface area (Å²) in [6, 6.07) is 13.0. The Kier molecular flexibility index (Phi) is 5.47. The largest absolute Gasteiger partial charge is 0.481 e. The van der Waals surface area contributed by atoms with Gasteiger partial charge in [-0.2, -0.15) is 9.37 Å². The number of para-hydroxylation sites is 1. The van der Waals surface area contributed by atoms with E-state index in [9.17, 15) is 22.0 Å². The minimum atomic E-state index is -4.74. The van der Waals surface area contributed by atoms with Gasteiger partial charge in [0.15, 0.2) is 22.3 Å². The van der Waals surface area contributed by atoms with Crippen LogP contribution in [0.25, 0.3) is 16.7 Å². The Morgan fingerprint density at radius 3 is 2.31 bits per heavy atom. The molecule has 164 valence electrons. The fourth-order valence-electron chi connectivity index (χ4n) is 3.46. The zero-order valence-electron chi connectivity index (χ0n) is 16.3. The van der Waals surface area contributed by atoms with E-state index < -0.39 is 49.0 Å². The van der Waals surface area contributed by atoms with Gasteiger partial charge < -0.3 is 5.11 Å². The normalized spacial score (nSPS) is 11.7. The Balaban J connectivity index is 1.97. The van der Waals surface area contributed by atoms with Crippen LogP contribution in [0, 0.1) is 17.6 Å². The highest BCUT2D eigenvalue weighted by Gasteiger charge is 2.33. The third-order valence-corrected chi connectivity index (χ3v) is 6.72. The first-order valence-electron chi connectivity index (χ1n) is 9.37. The number of carboxylic acid groups (broad SMARTS) is 1. The van der Waals surface area contributed by atoms with Gasteiger partial charge in [0.05, 0.1) is 10.4 Å². The molecule has 1 N–H and O–H groups in total. The SMILES string of the molecule is O=C(O)CCc1cn(-c2nc(F)c(F)c(S(=O)(=O)c3ccccc3)c2F)c2ccccc12. The van der Waals surface area contributed by atoms with E-state index in [2.05, 4.69) is 4.98 Å². The van der Waals surface area contributed by atoms with Crippen LogP contribution in [0.2, 0.25) is 0 Å². The van der Waals surface area contributed by atoms with Crippen LogP contribution in [0.3, 0.4) is 0 Å². The molecular formula is C22H15F3N2O4S. The molecule has 6 nitrogen and oxygen atoms in total. The quantitative estimate of drug-likeness (QED) is 0.434. The molecule has 10 heteroatoms. The third-order valence-electron chi connectivity index (χ3n) is 4.93. The van der Waals surface area contributed by atoms with Crippen molar-refractivity contribution in [1.29, 1.82) is 0 Å². The number of fused-ring (bicyclic) bond motifs is 1. The fraction of sp³-hybridized carbons (Fsp3) is 0.0909. The van der Waals surface area contributed by atoms with Crippen LogP contribution in [0.5, 0.6) is 0 Å². The highest BCUT2D eigenvalue weighted by atomic mass is 32.2. The number of hydrogen-bond donors (Lipinski definition) is 1. The molecule has 0 aliphatic heterocycles. The summed E-state index contributed by atoms with van der Waals surface area (Å²) in [7, 11) is -4.74. The lowest BCUT2D eigenvalue weighted by molar-refractivity contribution is -0.136. The third kappa shape index (κ3) is 3.62. The standard InChI is InChI=1S/C22H15F3N2O4S/c23-18-20(32(30,31)14-6-2-1-3-7-14)19(24)22(26-21(18)25)27-12-13(10-11-17(28)29)15-8-4-5-9-16(15)27/h1-9,12H,10-11H2,(H,28,29). The van der Waals surface area contributed by atoms with Gasteiger partial charge in [-0.1, -0.05) is 36.4 Å². The molecule has 0 saturated heterocycles. The molecule has 0 bridgehead atoms. The number of halogens is 3. The zero-order chi connectivity index (χ0) is 23.0. The molecule has 32 heavy (non-hydrogen) atoms. The van der Waals surface area contributed by atoms with Gasteiger partial charge >= 0.3 is 5.97 Å².